The van der Waals surface area contributed by atoms with Crippen molar-refractivity contribution in [2.24, 2.45) is 0 Å². The number of hydrogen-bond donors (Lipinski definition) is 0. The van der Waals surface area contributed by atoms with E-state index in [-0.39, 0.29) is 21.7 Å². The van der Waals surface area contributed by atoms with Crippen molar-refractivity contribution in [1.82, 2.24) is 29.9 Å². The minimum atomic E-state index is 0.0100. The van der Waals surface area contributed by atoms with E-state index in [2.05, 4.69) is 353 Å². The summed E-state index contributed by atoms with van der Waals surface area (Å²) in [7, 11) is 0. The van der Waals surface area contributed by atoms with E-state index in [9.17, 15) is 0 Å². The number of para-hydroxylation sites is 2. The molecular formula is C110H84N6O2. The lowest BCUT2D eigenvalue weighted by molar-refractivity contribution is 0.332. The zero-order valence-electron chi connectivity index (χ0n) is 67.4. The molecule has 2 aliphatic rings. The Morgan fingerprint density at radius 2 is 0.585 bits per heavy atom. The maximum Gasteiger partial charge on any atom is 0.164 e. The lowest BCUT2D eigenvalue weighted by Gasteiger charge is -2.42. The van der Waals surface area contributed by atoms with Gasteiger partial charge in [0.1, 0.15) is 22.3 Å². The summed E-state index contributed by atoms with van der Waals surface area (Å²) in [5.41, 5.74) is 25.5. The normalized spacial score (nSPS) is 14.7. The van der Waals surface area contributed by atoms with Crippen LogP contribution < -0.4 is 0 Å². The molecule has 0 spiro atoms. The molecule has 0 amide bonds. The van der Waals surface area contributed by atoms with Gasteiger partial charge >= 0.3 is 0 Å². The van der Waals surface area contributed by atoms with Crippen LogP contribution in [0.4, 0.5) is 0 Å². The first-order chi connectivity index (χ1) is 57.3. The predicted octanol–water partition coefficient (Wildman–Crippen LogP) is 29.5. The summed E-state index contributed by atoms with van der Waals surface area (Å²) in [5.74, 6) is 3.51. The summed E-state index contributed by atoms with van der Waals surface area (Å²) in [6.07, 6.45) is 4.53. The van der Waals surface area contributed by atoms with Gasteiger partial charge in [-0.25, -0.2) is 29.9 Å². The second-order valence-electron chi connectivity index (χ2n) is 35.5. The van der Waals surface area contributed by atoms with Crippen LogP contribution in [0.5, 0.6) is 0 Å². The first-order valence-corrected chi connectivity index (χ1v) is 41.3. The van der Waals surface area contributed by atoms with E-state index in [0.717, 1.165) is 186 Å². The van der Waals surface area contributed by atoms with Gasteiger partial charge < -0.3 is 8.83 Å². The largest absolute Gasteiger partial charge is 0.456 e. The Kier molecular flexibility index (Phi) is 16.1. The summed E-state index contributed by atoms with van der Waals surface area (Å²) >= 11 is 0. The van der Waals surface area contributed by atoms with Crippen LogP contribution >= 0.6 is 0 Å². The van der Waals surface area contributed by atoms with Crippen LogP contribution in [0.1, 0.15) is 103 Å². The molecule has 22 rings (SSSR count). The van der Waals surface area contributed by atoms with Gasteiger partial charge in [-0.2, -0.15) is 0 Å². The highest BCUT2D eigenvalue weighted by atomic mass is 16.3. The number of furan rings is 2. The van der Waals surface area contributed by atoms with Crippen LogP contribution in [0.15, 0.2) is 324 Å². The van der Waals surface area contributed by atoms with Gasteiger partial charge in [0.25, 0.3) is 0 Å². The van der Waals surface area contributed by atoms with Crippen molar-refractivity contribution in [2.75, 3.05) is 0 Å². The highest BCUT2D eigenvalue weighted by Crippen LogP contribution is 2.51. The molecule has 0 N–H and O–H groups in total. The summed E-state index contributed by atoms with van der Waals surface area (Å²) in [6, 6.07) is 114. The molecule has 8 nitrogen and oxygen atoms in total. The average Bonchev–Trinajstić information content (AvgIpc) is 1.39. The van der Waals surface area contributed by atoms with Crippen LogP contribution in [-0.4, -0.2) is 29.9 Å². The topological polar surface area (TPSA) is 104 Å². The van der Waals surface area contributed by atoms with Crippen LogP contribution in [0.2, 0.25) is 0 Å². The fourth-order valence-corrected chi connectivity index (χ4v) is 19.0. The summed E-state index contributed by atoms with van der Waals surface area (Å²) < 4.78 is 13.7. The van der Waals surface area contributed by atoms with Crippen molar-refractivity contribution < 1.29 is 8.83 Å². The Labute approximate surface area is 685 Å². The minimum absolute atomic E-state index is 0.0100. The smallest absolute Gasteiger partial charge is 0.164 e. The number of fused-ring (bicyclic) bond motifs is 12. The molecule has 0 saturated heterocycles. The van der Waals surface area contributed by atoms with E-state index in [1.54, 1.807) is 0 Å². The molecule has 8 heteroatoms. The molecule has 2 aliphatic carbocycles. The van der Waals surface area contributed by atoms with Gasteiger partial charge in [-0.05, 0) is 229 Å². The van der Waals surface area contributed by atoms with Gasteiger partial charge in [-0.3, -0.25) is 0 Å². The third-order valence-electron chi connectivity index (χ3n) is 26.1. The van der Waals surface area contributed by atoms with Gasteiger partial charge in [0.15, 0.2) is 34.9 Å². The third-order valence-corrected chi connectivity index (χ3v) is 26.1. The standard InChI is InChI=1S/C110H84N6O2/c1-107(2)50-52-109(5,6)94-62-77(45-48-92(94)107)83-59-91(99-88-24-14-16-27-97(88)117-98(99)64-83)106-115-102(112-104(116-106)81-42-33-66-19-10-12-21-72(66)57-81)70-36-30-68(31-37-70)74-44-47-86-78(55-74)22-17-25-85(86)79-41-39-76-58-82(43-40-75(76)56-79)103-111-101(69-34-28-67(29-35-69)73-38-32-65-18-9-11-20-71(65)54-73)113-105(114-103)84-60-89(100-90(61-84)87-23-13-15-26-96(87)118-100)80-46-49-93-95(63-80)110(7,8)53-51-108(93,3)4/h9-49,54-64H,50-53H2,1-8H3. The third kappa shape index (κ3) is 12.2. The fourth-order valence-electron chi connectivity index (χ4n) is 19.0. The van der Waals surface area contributed by atoms with Crippen molar-refractivity contribution in [3.63, 3.8) is 0 Å². The molecule has 16 aromatic carbocycles. The molecule has 0 unspecified atom stereocenters. The van der Waals surface area contributed by atoms with E-state index >= 15 is 0 Å². The van der Waals surface area contributed by atoms with Gasteiger partial charge in [0.05, 0.1) is 0 Å². The van der Waals surface area contributed by atoms with Crippen LogP contribution in [0.3, 0.4) is 0 Å². The Balaban J connectivity index is 0.607. The van der Waals surface area contributed by atoms with E-state index < -0.39 is 0 Å². The van der Waals surface area contributed by atoms with Crippen molar-refractivity contribution in [1.29, 1.82) is 0 Å². The first-order valence-electron chi connectivity index (χ1n) is 41.3. The monoisotopic (exact) mass is 1520 g/mol. The van der Waals surface area contributed by atoms with Crippen molar-refractivity contribution >= 4 is 87.0 Å². The molecule has 118 heavy (non-hydrogen) atoms. The highest BCUT2D eigenvalue weighted by molar-refractivity contribution is 6.14. The molecule has 0 atom stereocenters. The molecule has 0 aliphatic heterocycles. The molecule has 20 aromatic rings. The van der Waals surface area contributed by atoms with Gasteiger partial charge in [-0.1, -0.05) is 304 Å². The lowest BCUT2D eigenvalue weighted by atomic mass is 9.63. The van der Waals surface area contributed by atoms with Crippen molar-refractivity contribution in [3.05, 3.63) is 338 Å². The fraction of sp³-hybridized carbons (Fsp3) is 0.145. The van der Waals surface area contributed by atoms with Gasteiger partial charge in [0.2, 0.25) is 0 Å². The molecule has 0 bridgehead atoms. The average molecular weight is 1520 g/mol. The SMILES string of the molecule is CC1(C)CCC(C)(C)c2cc(-c3cc(-c4nc(-c5ccc(-c6ccc7c(-c8ccc9cc(-c%10nc(-c%11ccc(-c%12ccc%13ccccc%13c%12)cc%11)nc(-c%11cc(-c%12ccc%13c(c%12)C(C)(C)CCC%13(C)C)c%12oc%13ccccc%13c%12c%11)n%10)ccc9c8)cccc7c6)cc5)nc(-c5ccc6ccccc6c5)n4)c4c(c3)oc3ccccc34)ccc21. The second-order valence-corrected chi connectivity index (χ2v) is 35.5. The molecule has 0 radical (unpaired) electrons. The molecule has 566 valence electrons. The zero-order valence-corrected chi connectivity index (χ0v) is 67.4. The second kappa shape index (κ2) is 26.9. The minimum Gasteiger partial charge on any atom is -0.456 e. The Bertz CT molecular complexity index is 7560. The zero-order chi connectivity index (χ0) is 79.5. The molecule has 0 saturated carbocycles. The van der Waals surface area contributed by atoms with Gasteiger partial charge in [-0.15, -0.1) is 0 Å². The van der Waals surface area contributed by atoms with E-state index in [4.69, 9.17) is 38.7 Å². The summed E-state index contributed by atoms with van der Waals surface area (Å²) in [5, 5.41) is 13.2. The molecule has 4 heterocycles. The maximum absolute atomic E-state index is 6.87. The van der Waals surface area contributed by atoms with Gasteiger partial charge in [0, 0.05) is 60.5 Å². The number of hydrogen-bond acceptors (Lipinski definition) is 8. The molecular weight excluding hydrogens is 1440 g/mol. The summed E-state index contributed by atoms with van der Waals surface area (Å²) in [6.45, 7) is 19.1. The van der Waals surface area contributed by atoms with Crippen molar-refractivity contribution in [2.45, 2.75) is 103 Å². The number of rotatable bonds is 11. The maximum atomic E-state index is 6.87. The van der Waals surface area contributed by atoms with Crippen LogP contribution in [-0.2, 0) is 21.7 Å². The predicted molar refractivity (Wildman–Crippen MR) is 488 cm³/mol. The Hall–Kier alpha value is -13.8. The Morgan fingerprint density at radius 1 is 0.203 bits per heavy atom. The van der Waals surface area contributed by atoms with Crippen LogP contribution in [0, 0.1) is 0 Å². The molecule has 4 aromatic heterocycles. The highest BCUT2D eigenvalue weighted by Gasteiger charge is 2.39. The summed E-state index contributed by atoms with van der Waals surface area (Å²) in [4.78, 5) is 32.5. The number of benzene rings is 16. The first kappa shape index (κ1) is 70.8. The number of aromatic nitrogens is 6. The molecule has 0 fully saturated rings. The van der Waals surface area contributed by atoms with E-state index in [1.165, 1.54) is 38.4 Å². The van der Waals surface area contributed by atoms with E-state index in [0.29, 0.717) is 34.9 Å². The van der Waals surface area contributed by atoms with E-state index in [1.807, 2.05) is 18.2 Å². The lowest BCUT2D eigenvalue weighted by Crippen LogP contribution is -2.33. The Morgan fingerprint density at radius 3 is 1.19 bits per heavy atom. The van der Waals surface area contributed by atoms with Crippen LogP contribution in [0.25, 0.3) is 211 Å². The van der Waals surface area contributed by atoms with Crippen molar-refractivity contribution in [3.8, 4) is 124 Å². The number of nitrogens with zero attached hydrogens (tertiary/aromatic N) is 6. The quantitative estimate of drug-likeness (QED) is 0.126.